The summed E-state index contributed by atoms with van der Waals surface area (Å²) in [4.78, 5) is 61.5. The van der Waals surface area contributed by atoms with E-state index in [4.69, 9.17) is 19.2 Å². The highest BCUT2D eigenvalue weighted by atomic mass is 16.5. The lowest BCUT2D eigenvalue weighted by Crippen LogP contribution is -2.59. The molecule has 11 nitrogen and oxygen atoms in total. The van der Waals surface area contributed by atoms with Gasteiger partial charge in [-0.3, -0.25) is 14.4 Å². The van der Waals surface area contributed by atoms with E-state index in [-0.39, 0.29) is 43.7 Å². The Morgan fingerprint density at radius 2 is 1.86 bits per heavy atom. The number of nitrogens with one attached hydrogen (secondary N) is 2. The lowest BCUT2D eigenvalue weighted by molar-refractivity contribution is -0.150. The monoisotopic (exact) mass is 682 g/mol. The summed E-state index contributed by atoms with van der Waals surface area (Å²) in [7, 11) is 1.60. The minimum absolute atomic E-state index is 0.0930. The highest BCUT2D eigenvalue weighted by molar-refractivity contribution is 5.97. The molecule has 1 aromatic heterocycles. The van der Waals surface area contributed by atoms with E-state index in [1.807, 2.05) is 87.5 Å². The number of hydrogen-bond acceptors (Lipinski definition) is 8. The normalized spacial score (nSPS) is 26.4. The Kier molecular flexibility index (Phi) is 9.87. The molecule has 0 unspecified atom stereocenters. The second-order valence-electron chi connectivity index (χ2n) is 14.4. The predicted octanol–water partition coefficient (Wildman–Crippen LogP) is 4.97. The zero-order valence-electron chi connectivity index (χ0n) is 29.4. The minimum Gasteiger partial charge on any atom is -0.497 e. The molecule has 50 heavy (non-hydrogen) atoms. The molecule has 5 atom stereocenters. The molecule has 1 saturated heterocycles. The Morgan fingerprint density at radius 1 is 1.08 bits per heavy atom. The molecule has 1 aliphatic carbocycles. The van der Waals surface area contributed by atoms with Crippen molar-refractivity contribution in [3.63, 3.8) is 0 Å². The molecule has 11 heteroatoms. The van der Waals surface area contributed by atoms with E-state index in [1.165, 1.54) is 4.90 Å². The van der Waals surface area contributed by atoms with Gasteiger partial charge < -0.3 is 29.7 Å². The third kappa shape index (κ3) is 7.18. The van der Waals surface area contributed by atoms with Crippen LogP contribution in [0.2, 0.25) is 0 Å². The van der Waals surface area contributed by atoms with E-state index >= 15 is 0 Å². The fourth-order valence-corrected chi connectivity index (χ4v) is 6.91. The number of esters is 1. The summed E-state index contributed by atoms with van der Waals surface area (Å²) < 4.78 is 17.6. The van der Waals surface area contributed by atoms with Gasteiger partial charge in [-0.2, -0.15) is 0 Å². The number of nitrogens with zero attached hydrogens (tertiary/aromatic N) is 2. The first-order valence-electron chi connectivity index (χ1n) is 17.4. The lowest BCUT2D eigenvalue weighted by Gasteiger charge is -2.35. The van der Waals surface area contributed by atoms with Gasteiger partial charge in [0.15, 0.2) is 0 Å². The van der Waals surface area contributed by atoms with Gasteiger partial charge in [0, 0.05) is 41.8 Å². The maximum absolute atomic E-state index is 14.5. The number of benzene rings is 2. The predicted molar refractivity (Wildman–Crippen MR) is 188 cm³/mol. The van der Waals surface area contributed by atoms with Crippen LogP contribution in [0.5, 0.6) is 11.5 Å². The number of aromatic nitrogens is 1. The van der Waals surface area contributed by atoms with Gasteiger partial charge in [-0.1, -0.05) is 63.3 Å². The van der Waals surface area contributed by atoms with Gasteiger partial charge in [0.05, 0.1) is 31.5 Å². The van der Waals surface area contributed by atoms with Crippen LogP contribution < -0.4 is 20.1 Å². The Hall–Kier alpha value is -4.93. The van der Waals surface area contributed by atoms with Gasteiger partial charge in [0.25, 0.3) is 0 Å². The van der Waals surface area contributed by atoms with Crippen molar-refractivity contribution in [1.82, 2.24) is 20.5 Å². The van der Waals surface area contributed by atoms with Gasteiger partial charge in [0.2, 0.25) is 17.7 Å². The molecule has 3 aromatic rings. The van der Waals surface area contributed by atoms with E-state index < -0.39 is 41.0 Å². The number of pyridine rings is 1. The van der Waals surface area contributed by atoms with Crippen LogP contribution in [-0.2, 0) is 23.9 Å². The van der Waals surface area contributed by atoms with Crippen LogP contribution >= 0.6 is 0 Å². The zero-order chi connectivity index (χ0) is 35.6. The molecule has 1 saturated carbocycles. The second-order valence-corrected chi connectivity index (χ2v) is 14.4. The summed E-state index contributed by atoms with van der Waals surface area (Å²) in [5.74, 6) is -0.613. The number of ether oxygens (including phenoxy) is 3. The van der Waals surface area contributed by atoms with Crippen molar-refractivity contribution < 1.29 is 33.4 Å². The first-order chi connectivity index (χ1) is 23.9. The maximum atomic E-state index is 14.5. The van der Waals surface area contributed by atoms with Crippen molar-refractivity contribution in [2.45, 2.75) is 83.5 Å². The van der Waals surface area contributed by atoms with E-state index in [1.54, 1.807) is 14.0 Å². The molecule has 0 radical (unpaired) electrons. The molecule has 3 heterocycles. The van der Waals surface area contributed by atoms with Gasteiger partial charge >= 0.3 is 5.97 Å². The molecule has 2 aliphatic heterocycles. The van der Waals surface area contributed by atoms with E-state index in [9.17, 15) is 19.2 Å². The number of amides is 3. The lowest BCUT2D eigenvalue weighted by atomic mass is 9.85. The Labute approximate surface area is 292 Å². The summed E-state index contributed by atoms with van der Waals surface area (Å²) in [6.45, 7) is 7.66. The molecule has 6 rings (SSSR count). The summed E-state index contributed by atoms with van der Waals surface area (Å²) >= 11 is 0. The maximum Gasteiger partial charge on any atom is 0.332 e. The number of methoxy groups -OCH3 is 1. The number of carbonyl (C=O) groups is 4. The summed E-state index contributed by atoms with van der Waals surface area (Å²) in [5.41, 5.74) is 0.403. The molecular weight excluding hydrogens is 636 g/mol. The highest BCUT2D eigenvalue weighted by Crippen LogP contribution is 2.46. The van der Waals surface area contributed by atoms with Crippen molar-refractivity contribution in [2.24, 2.45) is 11.3 Å². The standard InChI is InChI=1S/C39H46N4O7/c1-6-49-37(47)39-22-25(39)15-11-8-12-16-33(44)41-34(38(2,3)4)36(46)43-23-27(20-31(43)35(45)42-39)50-32-21-29(24-13-9-7-10-14-24)40-30-19-26(48-5)17-18-28(30)32/h7,9-11,13-15,17-19,21,25,27,31,34H,6,8,12,16,20,22-23H2,1-5H3,(H,41,44)(H,42,45)/b15-11-/t25-,27-,31+,34-,39+/m1/s1. The SMILES string of the molecule is CCOC(=O)[C@]12C[C@H]1/C=C\CCCC(=O)N[C@@H](C(C)(C)C)C(=O)N1C[C@H](Oc3cc(-c4ccccc4)nc4cc(OC)ccc34)C[C@H]1C(=O)N2. The first kappa shape index (κ1) is 34.9. The number of carbonyl (C=O) groups excluding carboxylic acids is 4. The van der Waals surface area contributed by atoms with E-state index in [0.29, 0.717) is 42.0 Å². The number of hydrogen-bond donors (Lipinski definition) is 2. The molecule has 2 N–H and O–H groups in total. The second kappa shape index (κ2) is 14.1. The van der Waals surface area contributed by atoms with Crippen LogP contribution in [0.3, 0.4) is 0 Å². The molecule has 2 fully saturated rings. The molecule has 0 bridgehead atoms. The highest BCUT2D eigenvalue weighted by Gasteiger charge is 2.62. The van der Waals surface area contributed by atoms with Gasteiger partial charge in [0.1, 0.15) is 35.2 Å². The smallest absolute Gasteiger partial charge is 0.332 e. The molecule has 3 amide bonds. The van der Waals surface area contributed by atoms with Crippen LogP contribution in [0.15, 0.2) is 66.7 Å². The van der Waals surface area contributed by atoms with Crippen LogP contribution in [0.25, 0.3) is 22.2 Å². The Balaban J connectivity index is 1.37. The molecular formula is C39H46N4O7. The van der Waals surface area contributed by atoms with Crippen LogP contribution in [0.4, 0.5) is 0 Å². The summed E-state index contributed by atoms with van der Waals surface area (Å²) in [5, 5.41) is 6.73. The van der Waals surface area contributed by atoms with Crippen molar-refractivity contribution in [1.29, 1.82) is 0 Å². The summed E-state index contributed by atoms with van der Waals surface area (Å²) in [6.07, 6.45) is 5.30. The van der Waals surface area contributed by atoms with Crippen molar-refractivity contribution in [3.05, 3.63) is 66.7 Å². The average Bonchev–Trinajstić information content (AvgIpc) is 3.62. The molecule has 3 aliphatic rings. The first-order valence-corrected chi connectivity index (χ1v) is 17.4. The fraction of sp³-hybridized carbons (Fsp3) is 0.462. The summed E-state index contributed by atoms with van der Waals surface area (Å²) in [6, 6.07) is 15.3. The van der Waals surface area contributed by atoms with Crippen molar-refractivity contribution in [3.8, 4) is 22.8 Å². The van der Waals surface area contributed by atoms with Gasteiger partial charge in [-0.15, -0.1) is 0 Å². The van der Waals surface area contributed by atoms with E-state index in [2.05, 4.69) is 10.6 Å². The zero-order valence-corrected chi connectivity index (χ0v) is 29.4. The van der Waals surface area contributed by atoms with Crippen molar-refractivity contribution >= 4 is 34.6 Å². The van der Waals surface area contributed by atoms with Crippen molar-refractivity contribution in [2.75, 3.05) is 20.3 Å². The quantitative estimate of drug-likeness (QED) is 0.275. The average molecular weight is 683 g/mol. The Bertz CT molecular complexity index is 1800. The van der Waals surface area contributed by atoms with Crippen LogP contribution in [-0.4, -0.2) is 77.6 Å². The third-order valence-electron chi connectivity index (χ3n) is 9.75. The molecule has 2 aromatic carbocycles. The number of allylic oxidation sites excluding steroid dienone is 1. The van der Waals surface area contributed by atoms with E-state index in [0.717, 1.165) is 10.9 Å². The van der Waals surface area contributed by atoms with Gasteiger partial charge in [-0.25, -0.2) is 9.78 Å². The molecule has 264 valence electrons. The van der Waals surface area contributed by atoms with Gasteiger partial charge in [-0.05, 0) is 43.7 Å². The minimum atomic E-state index is -1.21. The van der Waals surface area contributed by atoms with Crippen LogP contribution in [0, 0.1) is 11.3 Å². The number of fused-ring (bicyclic) bond motifs is 3. The third-order valence-corrected chi connectivity index (χ3v) is 9.75. The molecule has 0 spiro atoms. The van der Waals surface area contributed by atoms with Crippen LogP contribution in [0.1, 0.15) is 59.8 Å². The Morgan fingerprint density at radius 3 is 2.58 bits per heavy atom. The largest absolute Gasteiger partial charge is 0.497 e. The fourth-order valence-electron chi connectivity index (χ4n) is 6.91. The number of rotatable bonds is 6. The topological polar surface area (TPSA) is 136 Å².